The first-order valence-electron chi connectivity index (χ1n) is 13.5. The van der Waals surface area contributed by atoms with Gasteiger partial charge in [-0.3, -0.25) is 19.9 Å². The molecule has 1 amide bonds. The number of carbonyl (C=O) groups excluding carboxylic acids is 1. The first kappa shape index (κ1) is 35.1. The maximum Gasteiger partial charge on any atom is 0.410 e. The SMILES string of the molecule is C=CCON(C1CN(C(=O)OC(C)(C)C)[C@H](CO[Si](C)(C)C(C)(C)C)C=C1CC#N)S(=O)(=O)c1ccccc1[N+](=O)[O-]. The van der Waals surface area contributed by atoms with Crippen LogP contribution in [0.3, 0.4) is 0 Å². The molecule has 0 fully saturated rings. The first-order chi connectivity index (χ1) is 19.3. The number of benzene rings is 1. The summed E-state index contributed by atoms with van der Waals surface area (Å²) in [4.78, 5) is 30.8. The number of nitro benzene ring substituents is 1. The summed E-state index contributed by atoms with van der Waals surface area (Å²) in [6.45, 7) is 18.7. The molecule has 1 aliphatic heterocycles. The van der Waals surface area contributed by atoms with E-state index in [0.29, 0.717) is 10.0 Å². The molecule has 12 nitrogen and oxygen atoms in total. The van der Waals surface area contributed by atoms with E-state index >= 15 is 0 Å². The fourth-order valence-electron chi connectivity index (χ4n) is 3.91. The third-order valence-corrected chi connectivity index (χ3v) is 13.3. The van der Waals surface area contributed by atoms with Gasteiger partial charge in [0.2, 0.25) is 0 Å². The summed E-state index contributed by atoms with van der Waals surface area (Å²) >= 11 is 0. The zero-order valence-corrected chi connectivity index (χ0v) is 27.4. The quantitative estimate of drug-likeness (QED) is 0.134. The molecule has 0 aromatic heterocycles. The standard InChI is InChI=1S/C28H42N4O8SSi/c1-10-17-38-32(41(36,37)25-14-12-11-13-23(25)31(34)35)24-19-30(26(33)40-27(2,3)4)22(18-21(24)15-16-29)20-39-42(8,9)28(5,6)7/h10-14,18,22,24H,1,15,17,19-20H2,2-9H3/t22-,24?/m0/s1. The van der Waals surface area contributed by atoms with E-state index in [9.17, 15) is 28.6 Å². The molecule has 0 aliphatic carbocycles. The van der Waals surface area contributed by atoms with E-state index in [1.165, 1.54) is 23.1 Å². The molecule has 0 bridgehead atoms. The Labute approximate surface area is 249 Å². The highest BCUT2D eigenvalue weighted by atomic mass is 32.2. The van der Waals surface area contributed by atoms with E-state index < -0.39 is 57.6 Å². The van der Waals surface area contributed by atoms with Gasteiger partial charge in [-0.2, -0.15) is 5.26 Å². The second kappa shape index (κ2) is 13.5. The van der Waals surface area contributed by atoms with Crippen molar-refractivity contribution in [1.82, 2.24) is 9.37 Å². The van der Waals surface area contributed by atoms with Crippen LogP contribution in [0.1, 0.15) is 48.0 Å². The van der Waals surface area contributed by atoms with Crippen molar-refractivity contribution < 1.29 is 32.1 Å². The Hall–Kier alpha value is -3.09. The number of sulfonamides is 1. The third-order valence-electron chi connectivity index (χ3n) is 7.09. The lowest BCUT2D eigenvalue weighted by Crippen LogP contribution is -2.57. The van der Waals surface area contributed by atoms with Crippen molar-refractivity contribution >= 4 is 30.1 Å². The van der Waals surface area contributed by atoms with Gasteiger partial charge in [0.15, 0.2) is 13.2 Å². The zero-order valence-electron chi connectivity index (χ0n) is 25.6. The minimum absolute atomic E-state index is 0.0990. The summed E-state index contributed by atoms with van der Waals surface area (Å²) in [5.74, 6) is 0. The number of ether oxygens (including phenoxy) is 1. The van der Waals surface area contributed by atoms with Gasteiger partial charge in [-0.1, -0.05) is 49.5 Å². The Morgan fingerprint density at radius 2 is 1.88 bits per heavy atom. The van der Waals surface area contributed by atoms with E-state index in [4.69, 9.17) is 14.0 Å². The van der Waals surface area contributed by atoms with Crippen LogP contribution in [-0.2, 0) is 24.0 Å². The van der Waals surface area contributed by atoms with Crippen molar-refractivity contribution in [2.24, 2.45) is 0 Å². The van der Waals surface area contributed by atoms with Crippen LogP contribution < -0.4 is 0 Å². The van der Waals surface area contributed by atoms with Crippen molar-refractivity contribution in [2.45, 2.75) is 88.7 Å². The highest BCUT2D eigenvalue weighted by Gasteiger charge is 2.45. The molecule has 0 saturated heterocycles. The van der Waals surface area contributed by atoms with Crippen molar-refractivity contribution in [3.63, 3.8) is 0 Å². The van der Waals surface area contributed by atoms with Crippen LogP contribution in [-0.4, -0.2) is 74.6 Å². The Balaban J connectivity index is 2.71. The monoisotopic (exact) mass is 622 g/mol. The smallest absolute Gasteiger partial charge is 0.410 e. The minimum atomic E-state index is -4.69. The molecular formula is C28H42N4O8SSi. The summed E-state index contributed by atoms with van der Waals surface area (Å²) in [7, 11) is -6.96. The lowest BCUT2D eigenvalue weighted by atomic mass is 9.96. The highest BCUT2D eigenvalue weighted by Crippen LogP contribution is 2.38. The first-order valence-corrected chi connectivity index (χ1v) is 17.8. The van der Waals surface area contributed by atoms with E-state index in [-0.39, 0.29) is 31.2 Å². The predicted octanol–water partition coefficient (Wildman–Crippen LogP) is 5.55. The number of hydrogen-bond acceptors (Lipinski definition) is 9. The molecular weight excluding hydrogens is 580 g/mol. The Kier molecular flexibility index (Phi) is 11.3. The van der Waals surface area contributed by atoms with E-state index in [1.54, 1.807) is 26.8 Å². The lowest BCUT2D eigenvalue weighted by molar-refractivity contribution is -0.388. The molecule has 1 aromatic rings. The molecule has 0 saturated carbocycles. The van der Waals surface area contributed by atoms with Crippen molar-refractivity contribution in [2.75, 3.05) is 19.8 Å². The summed E-state index contributed by atoms with van der Waals surface area (Å²) in [6.07, 6.45) is 2.05. The molecule has 14 heteroatoms. The maximum atomic E-state index is 14.0. The second-order valence-corrected chi connectivity index (χ2v) is 19.0. The largest absolute Gasteiger partial charge is 0.444 e. The van der Waals surface area contributed by atoms with Crippen LogP contribution >= 0.6 is 0 Å². The molecule has 1 heterocycles. The molecule has 2 atom stereocenters. The van der Waals surface area contributed by atoms with Crippen LogP contribution in [0.25, 0.3) is 0 Å². The predicted molar refractivity (Wildman–Crippen MR) is 160 cm³/mol. The summed E-state index contributed by atoms with van der Waals surface area (Å²) < 4.78 is 40.6. The average molecular weight is 623 g/mol. The number of carbonyl (C=O) groups is 1. The number of nitro groups is 1. The summed E-state index contributed by atoms with van der Waals surface area (Å²) in [5, 5.41) is 21.3. The van der Waals surface area contributed by atoms with Crippen LogP contribution in [0.15, 0.2) is 53.5 Å². The number of hydrogen-bond donors (Lipinski definition) is 0. The van der Waals surface area contributed by atoms with Crippen LogP contribution in [0.2, 0.25) is 18.1 Å². The van der Waals surface area contributed by atoms with Gasteiger partial charge in [0.25, 0.3) is 15.7 Å². The van der Waals surface area contributed by atoms with Crippen molar-refractivity contribution in [3.8, 4) is 6.07 Å². The normalized spacial score (nSPS) is 18.3. The lowest BCUT2D eigenvalue weighted by Gasteiger charge is -2.43. The Morgan fingerprint density at radius 1 is 1.26 bits per heavy atom. The van der Waals surface area contributed by atoms with Gasteiger partial charge < -0.3 is 9.16 Å². The van der Waals surface area contributed by atoms with Crippen molar-refractivity contribution in [1.29, 1.82) is 5.26 Å². The van der Waals surface area contributed by atoms with Crippen molar-refractivity contribution in [3.05, 3.63) is 58.7 Å². The van der Waals surface area contributed by atoms with Crippen LogP contribution in [0, 0.1) is 21.4 Å². The van der Waals surface area contributed by atoms with Gasteiger partial charge in [-0.15, -0.1) is 6.58 Å². The molecule has 0 N–H and O–H groups in total. The maximum absolute atomic E-state index is 14.0. The van der Waals surface area contributed by atoms with Crippen LogP contribution in [0.4, 0.5) is 10.5 Å². The third kappa shape index (κ3) is 8.48. The van der Waals surface area contributed by atoms with E-state index in [1.807, 2.05) is 0 Å². The average Bonchev–Trinajstić information content (AvgIpc) is 2.86. The van der Waals surface area contributed by atoms with E-state index in [2.05, 4.69) is 46.5 Å². The molecule has 42 heavy (non-hydrogen) atoms. The number of nitrogens with zero attached hydrogens (tertiary/aromatic N) is 4. The number of hydroxylamine groups is 1. The Bertz CT molecular complexity index is 1340. The summed E-state index contributed by atoms with van der Waals surface area (Å²) in [6, 6.07) is 5.07. The number of rotatable bonds is 11. The molecule has 0 radical (unpaired) electrons. The molecule has 232 valence electrons. The fraction of sp³-hybridized carbons (Fsp3) is 0.571. The second-order valence-electron chi connectivity index (χ2n) is 12.4. The van der Waals surface area contributed by atoms with Gasteiger partial charge in [0.05, 0.1) is 42.7 Å². The van der Waals surface area contributed by atoms with E-state index in [0.717, 1.165) is 12.1 Å². The number of amides is 1. The molecule has 1 unspecified atom stereocenters. The Morgan fingerprint density at radius 3 is 2.40 bits per heavy atom. The molecule has 1 aromatic carbocycles. The highest BCUT2D eigenvalue weighted by molar-refractivity contribution is 7.89. The van der Waals surface area contributed by atoms with Gasteiger partial charge in [-0.05, 0) is 50.5 Å². The van der Waals surface area contributed by atoms with Gasteiger partial charge in [0, 0.05) is 12.6 Å². The number of para-hydroxylation sites is 1. The molecule has 1 aliphatic rings. The minimum Gasteiger partial charge on any atom is -0.444 e. The zero-order chi connectivity index (χ0) is 32.1. The van der Waals surface area contributed by atoms with Gasteiger partial charge in [-0.25, -0.2) is 13.2 Å². The van der Waals surface area contributed by atoms with Gasteiger partial charge >= 0.3 is 6.09 Å². The van der Waals surface area contributed by atoms with Crippen LogP contribution in [0.5, 0.6) is 0 Å². The summed E-state index contributed by atoms with van der Waals surface area (Å²) in [5.41, 5.74) is -1.15. The fourth-order valence-corrected chi connectivity index (χ4v) is 6.52. The molecule has 2 rings (SSSR count). The topological polar surface area (TPSA) is 152 Å². The molecule has 0 spiro atoms. The van der Waals surface area contributed by atoms with Gasteiger partial charge in [0.1, 0.15) is 5.60 Å². The number of nitriles is 1.